The van der Waals surface area contributed by atoms with Crippen molar-refractivity contribution in [3.8, 4) is 0 Å². The maximum atomic E-state index is 13.4. The van der Waals surface area contributed by atoms with E-state index in [-0.39, 0.29) is 72.8 Å². The van der Waals surface area contributed by atoms with Crippen molar-refractivity contribution in [1.82, 2.24) is 0 Å². The van der Waals surface area contributed by atoms with Gasteiger partial charge < -0.3 is 0 Å². The molecule has 4 aromatic carbocycles. The standard InChI is InChI=1S/2C16H6Cl2F12Ge/c2*17-31(18,11-5-7(13(19,20)21)1-3-9(11)15(25,26)27)12-6-8(14(22,23)24)2-4-10(12)16(28,29)30/h2*1-6H. The Labute approximate surface area is 351 Å². The Hall–Kier alpha value is -2.55. The van der Waals surface area contributed by atoms with Crippen LogP contribution in [0.25, 0.3) is 0 Å². The van der Waals surface area contributed by atoms with E-state index in [1.807, 2.05) is 0 Å². The van der Waals surface area contributed by atoms with Gasteiger partial charge in [-0.15, -0.1) is 0 Å². The van der Waals surface area contributed by atoms with Crippen LogP contribution in [-0.4, -0.2) is 22.8 Å². The molecular formula is C32H12Cl4F24Ge2. The van der Waals surface area contributed by atoms with Gasteiger partial charge in [-0.25, -0.2) is 0 Å². The molecule has 4 aromatic rings. The number of hydrogen-bond acceptors (Lipinski definition) is 0. The molecule has 0 bridgehead atoms. The van der Waals surface area contributed by atoms with E-state index < -0.39 is 134 Å². The van der Waals surface area contributed by atoms with Crippen molar-refractivity contribution >= 4 is 80.4 Å². The van der Waals surface area contributed by atoms with E-state index >= 15 is 0 Å². The average Bonchev–Trinajstić information content (AvgIpc) is 3.07. The molecule has 30 heteroatoms. The van der Waals surface area contributed by atoms with E-state index in [0.717, 1.165) is 0 Å². The van der Waals surface area contributed by atoms with E-state index in [0.29, 0.717) is 0 Å². The second-order valence-corrected chi connectivity index (χ2v) is 35.3. The van der Waals surface area contributed by atoms with Gasteiger partial charge in [0.1, 0.15) is 0 Å². The number of rotatable bonds is 4. The van der Waals surface area contributed by atoms with E-state index in [1.54, 1.807) is 0 Å². The van der Waals surface area contributed by atoms with Crippen LogP contribution in [0.1, 0.15) is 44.5 Å². The quantitative estimate of drug-likeness (QED) is 0.141. The fourth-order valence-corrected chi connectivity index (χ4v) is 20.5. The van der Waals surface area contributed by atoms with Crippen molar-refractivity contribution in [3.05, 3.63) is 117 Å². The molecule has 0 N–H and O–H groups in total. The molecule has 0 unspecified atom stereocenters. The van der Waals surface area contributed by atoms with Crippen LogP contribution in [0.2, 0.25) is 0 Å². The van der Waals surface area contributed by atoms with Gasteiger partial charge in [-0.1, -0.05) is 0 Å². The first-order chi connectivity index (χ1) is 27.3. The van der Waals surface area contributed by atoms with Gasteiger partial charge in [-0.3, -0.25) is 0 Å². The summed E-state index contributed by atoms with van der Waals surface area (Å²) in [5, 5.41) is 0. The van der Waals surface area contributed by atoms with E-state index in [4.69, 9.17) is 40.0 Å². The Morgan fingerprint density at radius 2 is 0.387 bits per heavy atom. The van der Waals surface area contributed by atoms with Crippen LogP contribution in [0, 0.1) is 0 Å². The van der Waals surface area contributed by atoms with Crippen LogP contribution in [0.5, 0.6) is 0 Å². The fourth-order valence-electron chi connectivity index (χ4n) is 5.20. The molecule has 0 nitrogen and oxygen atoms in total. The van der Waals surface area contributed by atoms with Crippen LogP contribution in [0.3, 0.4) is 0 Å². The predicted molar refractivity (Wildman–Crippen MR) is 179 cm³/mol. The van der Waals surface area contributed by atoms with E-state index in [2.05, 4.69) is 0 Å². The van der Waals surface area contributed by atoms with Crippen molar-refractivity contribution in [2.24, 2.45) is 0 Å². The number of hydrogen-bond donors (Lipinski definition) is 0. The summed E-state index contributed by atoms with van der Waals surface area (Å²) in [6.45, 7) is 0. The molecule has 0 saturated heterocycles. The number of alkyl halides is 24. The molecule has 0 radical (unpaired) electrons. The molecule has 0 saturated carbocycles. The van der Waals surface area contributed by atoms with Gasteiger partial charge in [0.05, 0.1) is 0 Å². The predicted octanol–water partition coefficient (Wildman–Crippen LogP) is 13.6. The Morgan fingerprint density at radius 1 is 0.242 bits per heavy atom. The van der Waals surface area contributed by atoms with Gasteiger partial charge in [-0.05, 0) is 0 Å². The monoisotopic (exact) mass is 1140 g/mol. The molecule has 0 aliphatic carbocycles. The summed E-state index contributed by atoms with van der Waals surface area (Å²) in [7, 11) is 23.5. The second kappa shape index (κ2) is 17.3. The summed E-state index contributed by atoms with van der Waals surface area (Å²) in [4.78, 5) is 0. The van der Waals surface area contributed by atoms with Gasteiger partial charge in [0, 0.05) is 0 Å². The SMILES string of the molecule is FC(F)(F)c1ccc(C(F)(F)F)[c]([Ge]([Cl])([Cl])[c]2cc(C(F)(F)F)ccc2C(F)(F)F)c1.FC(F)(F)c1ccc(C(F)(F)F)[c]([Ge]([Cl])([Cl])[c]2cc(C(F)(F)F)ccc2C(F)(F)F)c1. The summed E-state index contributed by atoms with van der Waals surface area (Å²) >= 11 is -12.3. The summed E-state index contributed by atoms with van der Waals surface area (Å²) in [5.41, 5.74) is -14.4. The molecular weight excluding hydrogens is 1130 g/mol. The van der Waals surface area contributed by atoms with Crippen molar-refractivity contribution in [2.45, 2.75) is 49.4 Å². The summed E-state index contributed by atoms with van der Waals surface area (Å²) in [6, 6.07) is -0.991. The average molecular weight is 1140 g/mol. The van der Waals surface area contributed by atoms with Gasteiger partial charge in [0.25, 0.3) is 0 Å². The van der Waals surface area contributed by atoms with Gasteiger partial charge >= 0.3 is 353 Å². The minimum atomic E-state index is -6.14. The minimum absolute atomic E-state index is 0.00915. The molecule has 344 valence electrons. The van der Waals surface area contributed by atoms with E-state index in [1.165, 1.54) is 0 Å². The number of benzene rings is 4. The Kier molecular flexibility index (Phi) is 15.0. The zero-order valence-corrected chi connectivity index (χ0v) is 35.7. The molecule has 0 amide bonds. The normalized spacial score (nSPS) is 14.1. The molecule has 0 heterocycles. The van der Waals surface area contributed by atoms with Crippen molar-refractivity contribution in [3.63, 3.8) is 0 Å². The maximum absolute atomic E-state index is 13.4. The summed E-state index contributed by atoms with van der Waals surface area (Å²) < 4.78 is 310. The third-order valence-corrected chi connectivity index (χ3v) is 25.6. The molecule has 0 spiro atoms. The Morgan fingerprint density at radius 3 is 0.500 bits per heavy atom. The van der Waals surface area contributed by atoms with Crippen LogP contribution >= 0.6 is 40.0 Å². The van der Waals surface area contributed by atoms with Crippen molar-refractivity contribution < 1.29 is 105 Å². The van der Waals surface area contributed by atoms with Crippen LogP contribution < -0.4 is 17.6 Å². The first-order valence-corrected chi connectivity index (χ1v) is 30.5. The molecule has 0 aliphatic rings. The summed E-state index contributed by atoms with van der Waals surface area (Å²) in [6.07, 6.45) is -42.5. The third kappa shape index (κ3) is 12.4. The zero-order valence-electron chi connectivity index (χ0n) is 28.5. The molecule has 62 heavy (non-hydrogen) atoms. The van der Waals surface area contributed by atoms with E-state index in [9.17, 15) is 105 Å². The number of halogens is 28. The Balaban J connectivity index is 0.000000330. The van der Waals surface area contributed by atoms with Gasteiger partial charge in [0.2, 0.25) is 0 Å². The van der Waals surface area contributed by atoms with Crippen LogP contribution in [0.15, 0.2) is 72.8 Å². The van der Waals surface area contributed by atoms with Gasteiger partial charge in [-0.2, -0.15) is 0 Å². The van der Waals surface area contributed by atoms with Crippen molar-refractivity contribution in [2.75, 3.05) is 0 Å². The first kappa shape index (κ1) is 53.8. The molecule has 0 aliphatic heterocycles. The molecule has 0 fully saturated rings. The van der Waals surface area contributed by atoms with Crippen LogP contribution in [-0.2, 0) is 49.4 Å². The van der Waals surface area contributed by atoms with Crippen LogP contribution in [0.4, 0.5) is 105 Å². The third-order valence-electron chi connectivity index (χ3n) is 7.96. The second-order valence-electron chi connectivity index (χ2n) is 12.2. The van der Waals surface area contributed by atoms with Gasteiger partial charge in [0.15, 0.2) is 0 Å². The van der Waals surface area contributed by atoms with Crippen molar-refractivity contribution in [1.29, 1.82) is 0 Å². The fraction of sp³-hybridized carbons (Fsp3) is 0.250. The topological polar surface area (TPSA) is 0 Å². The molecule has 0 aromatic heterocycles. The first-order valence-electron chi connectivity index (χ1n) is 15.2. The Bertz CT molecular complexity index is 1950. The summed E-state index contributed by atoms with van der Waals surface area (Å²) in [5.74, 6) is 0. The zero-order chi connectivity index (χ0) is 48.4. The molecule has 0 atom stereocenters. The molecule has 4 rings (SSSR count).